The van der Waals surface area contributed by atoms with Crippen molar-refractivity contribution in [3.8, 4) is 29.0 Å². The molecule has 0 saturated carbocycles. The summed E-state index contributed by atoms with van der Waals surface area (Å²) in [4.78, 5) is 30.3. The minimum Gasteiger partial charge on any atom is -0.495 e. The molecule has 1 aromatic heterocycles. The Kier molecular flexibility index (Phi) is 11.2. The maximum atomic E-state index is 14.8. The zero-order valence-electron chi connectivity index (χ0n) is 27.2. The summed E-state index contributed by atoms with van der Waals surface area (Å²) >= 11 is 0. The number of rotatable bonds is 9. The van der Waals surface area contributed by atoms with E-state index in [4.69, 9.17) is 19.3 Å². The molecule has 0 radical (unpaired) electrons. The topological polar surface area (TPSA) is 149 Å². The molecule has 3 saturated heterocycles. The SMILES string of the molecule is CC.COc1cc(Nc2ncnc(-c3ccc(O[C@H]4CCN(C(=O)CO)CC4(F)F)c(C#N)c3)n2)ccc1N1CCN(C2COC2)CC1. The molecule has 4 heterocycles. The van der Waals surface area contributed by atoms with Gasteiger partial charge in [-0.3, -0.25) is 9.69 Å². The van der Waals surface area contributed by atoms with Gasteiger partial charge >= 0.3 is 5.92 Å². The lowest BCUT2D eigenvalue weighted by Gasteiger charge is -2.43. The number of carbonyl (C=O) groups excluding carboxylic acids is 1. The summed E-state index contributed by atoms with van der Waals surface area (Å²) in [6.07, 6.45) is -0.370. The number of anilines is 3. The first-order valence-corrected chi connectivity index (χ1v) is 16.0. The van der Waals surface area contributed by atoms with Gasteiger partial charge in [-0.1, -0.05) is 13.8 Å². The average Bonchev–Trinajstić information content (AvgIpc) is 3.09. The van der Waals surface area contributed by atoms with Crippen LogP contribution in [0.1, 0.15) is 25.8 Å². The zero-order valence-corrected chi connectivity index (χ0v) is 27.2. The number of methoxy groups -OCH3 is 1. The largest absolute Gasteiger partial charge is 0.495 e. The Morgan fingerprint density at radius 1 is 1.10 bits per heavy atom. The second-order valence-electron chi connectivity index (χ2n) is 11.3. The molecule has 15 heteroatoms. The monoisotopic (exact) mass is 666 g/mol. The molecule has 48 heavy (non-hydrogen) atoms. The van der Waals surface area contributed by atoms with Crippen molar-refractivity contribution in [3.63, 3.8) is 0 Å². The molecule has 0 spiro atoms. The van der Waals surface area contributed by atoms with Gasteiger partial charge in [0, 0.05) is 56.5 Å². The Morgan fingerprint density at radius 2 is 1.88 bits per heavy atom. The summed E-state index contributed by atoms with van der Waals surface area (Å²) in [7, 11) is 1.63. The van der Waals surface area contributed by atoms with E-state index in [2.05, 4.69) is 30.1 Å². The number of nitrogens with one attached hydrogen (secondary N) is 1. The third-order valence-corrected chi connectivity index (χ3v) is 8.45. The molecular weight excluding hydrogens is 626 g/mol. The molecular formula is C33H40F2N8O5. The molecule has 2 N–H and O–H groups in total. The van der Waals surface area contributed by atoms with Crippen molar-refractivity contribution in [2.75, 3.05) is 76.4 Å². The van der Waals surface area contributed by atoms with Crippen molar-refractivity contribution in [1.82, 2.24) is 24.8 Å². The van der Waals surface area contributed by atoms with E-state index in [1.165, 1.54) is 18.5 Å². The fourth-order valence-corrected chi connectivity index (χ4v) is 5.79. The molecule has 6 rings (SSSR count). The summed E-state index contributed by atoms with van der Waals surface area (Å²) < 4.78 is 46.2. The van der Waals surface area contributed by atoms with Crippen LogP contribution in [0.2, 0.25) is 0 Å². The third kappa shape index (κ3) is 7.73. The predicted molar refractivity (Wildman–Crippen MR) is 174 cm³/mol. The Bertz CT molecular complexity index is 1610. The van der Waals surface area contributed by atoms with E-state index >= 15 is 0 Å². The van der Waals surface area contributed by atoms with E-state index in [0.29, 0.717) is 23.0 Å². The number of ether oxygens (including phenoxy) is 3. The predicted octanol–water partition coefficient (Wildman–Crippen LogP) is 3.32. The number of alkyl halides is 2. The van der Waals surface area contributed by atoms with Gasteiger partial charge in [0.15, 0.2) is 11.9 Å². The van der Waals surface area contributed by atoms with Gasteiger partial charge in [0.2, 0.25) is 11.9 Å². The minimum atomic E-state index is -3.37. The first-order chi connectivity index (χ1) is 23.3. The molecule has 0 unspecified atom stereocenters. The minimum absolute atomic E-state index is 0.00240. The lowest BCUT2D eigenvalue weighted by molar-refractivity contribution is -0.161. The smallest absolute Gasteiger partial charge is 0.301 e. The molecule has 3 fully saturated rings. The van der Waals surface area contributed by atoms with Crippen LogP contribution >= 0.6 is 0 Å². The van der Waals surface area contributed by atoms with Gasteiger partial charge in [-0.25, -0.2) is 18.7 Å². The quantitative estimate of drug-likeness (QED) is 0.345. The van der Waals surface area contributed by atoms with Crippen molar-refractivity contribution >= 4 is 23.2 Å². The van der Waals surface area contributed by atoms with Gasteiger partial charge in [0.25, 0.3) is 0 Å². The maximum absolute atomic E-state index is 14.8. The van der Waals surface area contributed by atoms with Crippen LogP contribution in [0.5, 0.6) is 11.5 Å². The van der Waals surface area contributed by atoms with Gasteiger partial charge in [0.1, 0.15) is 30.5 Å². The second-order valence-corrected chi connectivity index (χ2v) is 11.3. The van der Waals surface area contributed by atoms with E-state index in [9.17, 15) is 18.8 Å². The summed E-state index contributed by atoms with van der Waals surface area (Å²) in [6.45, 7) is 7.60. The fraction of sp³-hybridized carbons (Fsp3) is 0.485. The van der Waals surface area contributed by atoms with Gasteiger partial charge in [-0.2, -0.15) is 10.2 Å². The van der Waals surface area contributed by atoms with Crippen molar-refractivity contribution < 1.29 is 32.9 Å². The number of carbonyl (C=O) groups is 1. The lowest BCUT2D eigenvalue weighted by Crippen LogP contribution is -2.56. The highest BCUT2D eigenvalue weighted by molar-refractivity contribution is 5.77. The highest BCUT2D eigenvalue weighted by Gasteiger charge is 2.47. The Labute approximate surface area is 278 Å². The zero-order chi connectivity index (χ0) is 34.3. The van der Waals surface area contributed by atoms with Crippen LogP contribution in [-0.4, -0.2) is 120 Å². The van der Waals surface area contributed by atoms with E-state index in [-0.39, 0.29) is 36.1 Å². The van der Waals surface area contributed by atoms with Crippen LogP contribution in [0.25, 0.3) is 11.4 Å². The molecule has 3 aliphatic rings. The first kappa shape index (κ1) is 34.7. The summed E-state index contributed by atoms with van der Waals surface area (Å²) in [6, 6.07) is 12.8. The first-order valence-electron chi connectivity index (χ1n) is 16.0. The maximum Gasteiger partial charge on any atom is 0.301 e. The van der Waals surface area contributed by atoms with E-state index in [1.54, 1.807) is 13.2 Å². The molecule has 3 aromatic rings. The van der Waals surface area contributed by atoms with Crippen LogP contribution in [-0.2, 0) is 9.53 Å². The Morgan fingerprint density at radius 3 is 2.52 bits per heavy atom. The summed E-state index contributed by atoms with van der Waals surface area (Å²) in [5.74, 6) is -2.92. The van der Waals surface area contributed by atoms with E-state index in [1.807, 2.05) is 38.1 Å². The van der Waals surface area contributed by atoms with Crippen LogP contribution in [0.15, 0.2) is 42.7 Å². The van der Waals surface area contributed by atoms with Crippen molar-refractivity contribution in [1.29, 1.82) is 5.26 Å². The van der Waals surface area contributed by atoms with Gasteiger partial charge < -0.3 is 34.4 Å². The van der Waals surface area contributed by atoms with Crippen LogP contribution in [0, 0.1) is 11.3 Å². The Balaban J connectivity index is 0.00000221. The number of likely N-dealkylation sites (tertiary alicyclic amines) is 1. The molecule has 1 amide bonds. The fourth-order valence-electron chi connectivity index (χ4n) is 5.79. The second kappa shape index (κ2) is 15.5. The molecule has 13 nitrogen and oxygen atoms in total. The van der Waals surface area contributed by atoms with Crippen molar-refractivity contribution in [3.05, 3.63) is 48.3 Å². The molecule has 0 bridgehead atoms. The van der Waals surface area contributed by atoms with Crippen LogP contribution in [0.3, 0.4) is 0 Å². The number of hydrogen-bond acceptors (Lipinski definition) is 12. The summed E-state index contributed by atoms with van der Waals surface area (Å²) in [5.41, 5.74) is 2.20. The number of nitrogens with zero attached hydrogens (tertiary/aromatic N) is 7. The number of piperazine rings is 1. The van der Waals surface area contributed by atoms with E-state index < -0.39 is 31.1 Å². The van der Waals surface area contributed by atoms with Crippen molar-refractivity contribution in [2.24, 2.45) is 0 Å². The van der Waals surface area contributed by atoms with Crippen molar-refractivity contribution in [2.45, 2.75) is 38.3 Å². The highest BCUT2D eigenvalue weighted by Crippen LogP contribution is 2.35. The highest BCUT2D eigenvalue weighted by atomic mass is 19.3. The van der Waals surface area contributed by atoms with Gasteiger partial charge in [0.05, 0.1) is 44.2 Å². The number of aliphatic hydroxyl groups excluding tert-OH is 1. The van der Waals surface area contributed by atoms with Gasteiger partial charge in [-0.15, -0.1) is 0 Å². The third-order valence-electron chi connectivity index (χ3n) is 8.45. The van der Waals surface area contributed by atoms with Crippen LogP contribution in [0.4, 0.5) is 26.1 Å². The number of aromatic nitrogens is 3. The number of aliphatic hydroxyl groups is 1. The molecule has 3 aliphatic heterocycles. The normalized spacial score (nSPS) is 19.3. The number of halogens is 2. The molecule has 256 valence electrons. The standard InChI is InChI=1S/C31H34F2N8O5.C2H6/c1-44-26-13-22(3-4-24(26)40-10-8-39(9-11-40)23-16-45-17-23)37-30-36-19-35-29(38-30)20-2-5-25(21(12-20)14-34)46-27-6-7-41(28(43)15-42)18-31(27,32)33;1-2/h2-5,12-13,19,23,27,42H,6-11,15-18H2,1H3,(H,35,36,37,38);1-2H3/t27-;/m0./s1. The van der Waals surface area contributed by atoms with E-state index in [0.717, 1.165) is 50.0 Å². The molecule has 2 aromatic carbocycles. The van der Waals surface area contributed by atoms with Crippen LogP contribution < -0.4 is 19.7 Å². The number of nitriles is 1. The number of hydrogen-bond donors (Lipinski definition) is 2. The molecule has 0 aliphatic carbocycles. The summed E-state index contributed by atoms with van der Waals surface area (Å²) in [5, 5.41) is 22.0. The number of amides is 1. The Hall–Kier alpha value is -4.65. The number of benzene rings is 2. The van der Waals surface area contributed by atoms with Gasteiger partial charge in [-0.05, 0) is 30.3 Å². The lowest BCUT2D eigenvalue weighted by atomic mass is 10.0. The number of piperidine rings is 1. The average molecular weight is 667 g/mol. The molecule has 1 atom stereocenters.